The molecule has 0 unspecified atom stereocenters. The minimum absolute atomic E-state index is 0.0865. The number of amides is 1. The van der Waals surface area contributed by atoms with Gasteiger partial charge in [-0.25, -0.2) is 0 Å². The van der Waals surface area contributed by atoms with Gasteiger partial charge in [-0.15, -0.1) is 0 Å². The van der Waals surface area contributed by atoms with Crippen LogP contribution in [0.4, 0.5) is 0 Å². The summed E-state index contributed by atoms with van der Waals surface area (Å²) in [6.45, 7) is 3.66. The van der Waals surface area contributed by atoms with Gasteiger partial charge in [0.15, 0.2) is 0 Å². The molecule has 132 valence electrons. The van der Waals surface area contributed by atoms with Gasteiger partial charge in [0.25, 0.3) is 5.91 Å². The lowest BCUT2D eigenvalue weighted by atomic mass is 10.1. The van der Waals surface area contributed by atoms with E-state index in [0.717, 1.165) is 37.6 Å². The van der Waals surface area contributed by atoms with Crippen molar-refractivity contribution in [2.75, 3.05) is 32.8 Å². The molecule has 1 saturated heterocycles. The zero-order chi connectivity index (χ0) is 17.1. The molecule has 4 rings (SSSR count). The van der Waals surface area contributed by atoms with Gasteiger partial charge in [-0.2, -0.15) is 5.10 Å². The van der Waals surface area contributed by atoms with Crippen LogP contribution >= 0.6 is 0 Å². The number of carbonyl (C=O) groups excluding carboxylic acids is 1. The fourth-order valence-electron chi connectivity index (χ4n) is 3.26. The highest BCUT2D eigenvalue weighted by Gasteiger charge is 2.27. The largest absolute Gasteiger partial charge is 0.379 e. The van der Waals surface area contributed by atoms with Crippen LogP contribution in [0.5, 0.6) is 0 Å². The summed E-state index contributed by atoms with van der Waals surface area (Å²) in [7, 11) is 0. The molecule has 1 amide bonds. The van der Waals surface area contributed by atoms with Crippen LogP contribution in [0.3, 0.4) is 0 Å². The molecule has 0 radical (unpaired) electrons. The number of nitrogens with one attached hydrogen (secondary N) is 2. The van der Waals surface area contributed by atoms with Gasteiger partial charge in [-0.1, -0.05) is 6.07 Å². The summed E-state index contributed by atoms with van der Waals surface area (Å²) in [5.74, 6) is 0.427. The zero-order valence-electron chi connectivity index (χ0n) is 14.1. The molecule has 2 aliphatic rings. The van der Waals surface area contributed by atoms with Gasteiger partial charge >= 0.3 is 0 Å². The average molecular weight is 341 g/mol. The van der Waals surface area contributed by atoms with E-state index in [1.165, 1.54) is 12.8 Å². The SMILES string of the molecule is O=C(NC[C@@H](c1cccnc1)N1CCOCC1)c1cc(C2CC2)[nH]n1. The average Bonchev–Trinajstić information content (AvgIpc) is 3.40. The first kappa shape index (κ1) is 16.2. The maximum Gasteiger partial charge on any atom is 0.271 e. The van der Waals surface area contributed by atoms with Crippen molar-refractivity contribution in [3.8, 4) is 0 Å². The van der Waals surface area contributed by atoms with Gasteiger partial charge in [0, 0.05) is 43.6 Å². The monoisotopic (exact) mass is 341 g/mol. The van der Waals surface area contributed by atoms with Crippen LogP contribution in [0.2, 0.25) is 0 Å². The fourth-order valence-corrected chi connectivity index (χ4v) is 3.26. The number of morpholine rings is 1. The van der Waals surface area contributed by atoms with Crippen molar-refractivity contribution in [2.45, 2.75) is 24.8 Å². The molecule has 2 aromatic heterocycles. The van der Waals surface area contributed by atoms with E-state index in [1.807, 2.05) is 18.3 Å². The summed E-state index contributed by atoms with van der Waals surface area (Å²) < 4.78 is 5.45. The molecule has 2 fully saturated rings. The second-order valence-corrected chi connectivity index (χ2v) is 6.64. The number of hydrogen-bond acceptors (Lipinski definition) is 5. The molecular weight excluding hydrogens is 318 g/mol. The molecule has 3 heterocycles. The number of nitrogens with zero attached hydrogens (tertiary/aromatic N) is 3. The molecule has 0 spiro atoms. The van der Waals surface area contributed by atoms with Crippen LogP contribution in [0.15, 0.2) is 30.6 Å². The minimum Gasteiger partial charge on any atom is -0.379 e. The second kappa shape index (κ2) is 7.33. The molecule has 0 bridgehead atoms. The maximum absolute atomic E-state index is 12.5. The van der Waals surface area contributed by atoms with Gasteiger partial charge in [0.05, 0.1) is 19.3 Å². The lowest BCUT2D eigenvalue weighted by Gasteiger charge is -2.34. The molecule has 7 nitrogen and oxygen atoms in total. The summed E-state index contributed by atoms with van der Waals surface area (Å²) in [5.41, 5.74) is 2.64. The van der Waals surface area contributed by atoms with Crippen LogP contribution < -0.4 is 5.32 Å². The van der Waals surface area contributed by atoms with Crippen LogP contribution in [-0.2, 0) is 4.74 Å². The summed E-state index contributed by atoms with van der Waals surface area (Å²) in [4.78, 5) is 19.0. The van der Waals surface area contributed by atoms with Crippen molar-refractivity contribution in [3.63, 3.8) is 0 Å². The fraction of sp³-hybridized carbons (Fsp3) is 0.500. The van der Waals surface area contributed by atoms with E-state index in [-0.39, 0.29) is 11.9 Å². The van der Waals surface area contributed by atoms with Crippen LogP contribution in [0.1, 0.15) is 46.5 Å². The zero-order valence-corrected chi connectivity index (χ0v) is 14.1. The molecule has 1 aliphatic carbocycles. The predicted molar refractivity (Wildman–Crippen MR) is 92.3 cm³/mol. The predicted octanol–water partition coefficient (Wildman–Crippen LogP) is 1.49. The highest BCUT2D eigenvalue weighted by atomic mass is 16.5. The molecule has 2 N–H and O–H groups in total. The third-order valence-corrected chi connectivity index (χ3v) is 4.86. The first-order chi connectivity index (χ1) is 12.3. The van der Waals surface area contributed by atoms with Crippen molar-refractivity contribution in [1.82, 2.24) is 25.4 Å². The second-order valence-electron chi connectivity index (χ2n) is 6.64. The Hall–Kier alpha value is -2.25. The van der Waals surface area contributed by atoms with Gasteiger partial charge < -0.3 is 10.1 Å². The number of carbonyl (C=O) groups is 1. The summed E-state index contributed by atoms with van der Waals surface area (Å²) in [6.07, 6.45) is 6.00. The van der Waals surface area contributed by atoms with Gasteiger partial charge in [0.1, 0.15) is 5.69 Å². The molecule has 7 heteroatoms. The number of aromatic nitrogens is 3. The Morgan fingerprint density at radius 1 is 1.40 bits per heavy atom. The van der Waals surface area contributed by atoms with E-state index in [0.29, 0.717) is 18.2 Å². The van der Waals surface area contributed by atoms with Gasteiger partial charge in [0.2, 0.25) is 0 Å². The lowest BCUT2D eigenvalue weighted by molar-refractivity contribution is 0.0161. The van der Waals surface area contributed by atoms with E-state index in [2.05, 4.69) is 31.5 Å². The van der Waals surface area contributed by atoms with E-state index >= 15 is 0 Å². The Kier molecular flexibility index (Phi) is 4.76. The first-order valence-corrected chi connectivity index (χ1v) is 8.86. The molecule has 2 aromatic rings. The molecule has 0 aromatic carbocycles. The molecule has 25 heavy (non-hydrogen) atoms. The van der Waals surface area contributed by atoms with Crippen molar-refractivity contribution >= 4 is 5.91 Å². The molecular formula is C18H23N5O2. The van der Waals surface area contributed by atoms with Crippen molar-refractivity contribution in [2.24, 2.45) is 0 Å². The van der Waals surface area contributed by atoms with Crippen LogP contribution in [0, 0.1) is 0 Å². The van der Waals surface area contributed by atoms with E-state index in [1.54, 1.807) is 6.20 Å². The first-order valence-electron chi connectivity index (χ1n) is 8.86. The lowest BCUT2D eigenvalue weighted by Crippen LogP contribution is -2.43. The Morgan fingerprint density at radius 2 is 2.24 bits per heavy atom. The number of aromatic amines is 1. The highest BCUT2D eigenvalue weighted by Crippen LogP contribution is 2.38. The number of ether oxygens (including phenoxy) is 1. The number of pyridine rings is 1. The third-order valence-electron chi connectivity index (χ3n) is 4.86. The van der Waals surface area contributed by atoms with Crippen LogP contribution in [0.25, 0.3) is 0 Å². The summed E-state index contributed by atoms with van der Waals surface area (Å²) in [6, 6.07) is 5.95. The Balaban J connectivity index is 1.43. The smallest absolute Gasteiger partial charge is 0.271 e. The normalized spacial score (nSPS) is 19.5. The molecule has 1 aliphatic heterocycles. The van der Waals surface area contributed by atoms with Crippen LogP contribution in [-0.4, -0.2) is 58.8 Å². The molecule has 1 atom stereocenters. The van der Waals surface area contributed by atoms with Gasteiger partial charge in [-0.05, 0) is 30.5 Å². The standard InChI is InChI=1S/C18H23N5O2/c24-18(16-10-15(21-22-16)13-3-4-13)20-12-17(14-2-1-5-19-11-14)23-6-8-25-9-7-23/h1-2,5,10-11,13,17H,3-4,6-9,12H2,(H,20,24)(H,21,22)/t17-/m0/s1. The molecule has 1 saturated carbocycles. The van der Waals surface area contributed by atoms with Crippen molar-refractivity contribution in [3.05, 3.63) is 47.5 Å². The van der Waals surface area contributed by atoms with Gasteiger partial charge in [-0.3, -0.25) is 19.8 Å². The Bertz CT molecular complexity index is 707. The number of rotatable bonds is 6. The number of hydrogen-bond donors (Lipinski definition) is 2. The Morgan fingerprint density at radius 3 is 2.96 bits per heavy atom. The minimum atomic E-state index is -0.134. The third kappa shape index (κ3) is 3.88. The quantitative estimate of drug-likeness (QED) is 0.832. The van der Waals surface area contributed by atoms with E-state index in [9.17, 15) is 4.79 Å². The highest BCUT2D eigenvalue weighted by molar-refractivity contribution is 5.92. The van der Waals surface area contributed by atoms with E-state index < -0.39 is 0 Å². The Labute approximate surface area is 146 Å². The van der Waals surface area contributed by atoms with E-state index in [4.69, 9.17) is 4.74 Å². The van der Waals surface area contributed by atoms with Crippen molar-refractivity contribution in [1.29, 1.82) is 0 Å². The number of H-pyrrole nitrogens is 1. The maximum atomic E-state index is 12.5. The summed E-state index contributed by atoms with van der Waals surface area (Å²) >= 11 is 0. The topological polar surface area (TPSA) is 83.1 Å². The van der Waals surface area contributed by atoms with Crippen molar-refractivity contribution < 1.29 is 9.53 Å². The summed E-state index contributed by atoms with van der Waals surface area (Å²) in [5, 5.41) is 10.2.